The van der Waals surface area contributed by atoms with Gasteiger partial charge in [0, 0.05) is 31.6 Å². The summed E-state index contributed by atoms with van der Waals surface area (Å²) in [5.74, 6) is 2.03. The first kappa shape index (κ1) is 15.6. The molecule has 2 spiro atoms. The van der Waals surface area contributed by atoms with Gasteiger partial charge in [0.2, 0.25) is 11.6 Å². The summed E-state index contributed by atoms with van der Waals surface area (Å²) in [5, 5.41) is 0. The molecule has 5 aliphatic carbocycles. The molecule has 24 heavy (non-hydrogen) atoms. The third-order valence-electron chi connectivity index (χ3n) is 7.33. The Bertz CT molecular complexity index is 494. The van der Waals surface area contributed by atoms with Crippen LogP contribution in [0.2, 0.25) is 0 Å². The van der Waals surface area contributed by atoms with E-state index < -0.39 is 11.6 Å². The summed E-state index contributed by atoms with van der Waals surface area (Å²) in [5.41, 5.74) is 0. The monoisotopic (exact) mass is 336 g/mol. The number of hydrogen-bond donors (Lipinski definition) is 0. The molecule has 0 aromatic heterocycles. The second kappa shape index (κ2) is 5.42. The summed E-state index contributed by atoms with van der Waals surface area (Å²) in [4.78, 5) is 22.9. The van der Waals surface area contributed by atoms with Crippen LogP contribution < -0.4 is 0 Å². The van der Waals surface area contributed by atoms with Crippen LogP contribution in [-0.4, -0.2) is 24.2 Å². The third-order valence-corrected chi connectivity index (χ3v) is 7.33. The molecule has 0 unspecified atom stereocenters. The average Bonchev–Trinajstić information content (AvgIpc) is 2.92. The molecule has 6 rings (SSSR count). The van der Waals surface area contributed by atoms with Gasteiger partial charge in [-0.15, -0.1) is 0 Å². The summed E-state index contributed by atoms with van der Waals surface area (Å²) in [6, 6.07) is 0. The Morgan fingerprint density at radius 1 is 1.00 bits per heavy atom. The van der Waals surface area contributed by atoms with Crippen molar-refractivity contribution in [2.24, 2.45) is 29.6 Å². The SMILES string of the molecule is CC(=O)OCC1CCC2(CC1)OOC1(O2)C2CC3CC(C2)CC1C3. The van der Waals surface area contributed by atoms with Gasteiger partial charge in [0.15, 0.2) is 0 Å². The van der Waals surface area contributed by atoms with Crippen molar-refractivity contribution >= 4 is 5.97 Å². The lowest BCUT2D eigenvalue weighted by Crippen LogP contribution is -2.59. The standard InChI is InChI=1S/C19H28O5/c1-12(20)21-11-13-2-4-18(5-3-13)22-19(24-23-18)16-7-14-6-15(9-16)10-17(19)8-14/h13-17H,2-11H2,1H3. The van der Waals surface area contributed by atoms with Crippen molar-refractivity contribution in [2.75, 3.05) is 6.61 Å². The second-order valence-corrected chi connectivity index (χ2v) is 8.95. The summed E-state index contributed by atoms with van der Waals surface area (Å²) < 4.78 is 11.8. The smallest absolute Gasteiger partial charge is 0.302 e. The molecule has 5 saturated carbocycles. The van der Waals surface area contributed by atoms with Crippen LogP contribution in [-0.2, 0) is 24.0 Å². The average molecular weight is 336 g/mol. The Balaban J connectivity index is 1.26. The van der Waals surface area contributed by atoms with Crippen LogP contribution >= 0.6 is 0 Å². The first-order valence-corrected chi connectivity index (χ1v) is 9.77. The van der Waals surface area contributed by atoms with E-state index in [2.05, 4.69) is 0 Å². The fourth-order valence-corrected chi connectivity index (χ4v) is 6.31. The molecule has 1 saturated heterocycles. The predicted octanol–water partition coefficient (Wildman–Crippen LogP) is 3.57. The highest BCUT2D eigenvalue weighted by Crippen LogP contribution is 2.63. The minimum Gasteiger partial charge on any atom is -0.466 e. The van der Waals surface area contributed by atoms with Crippen molar-refractivity contribution in [3.8, 4) is 0 Å². The normalized spacial score (nSPS) is 52.3. The first-order valence-electron chi connectivity index (χ1n) is 9.77. The molecule has 1 heterocycles. The lowest BCUT2D eigenvalue weighted by Gasteiger charge is -2.57. The maximum absolute atomic E-state index is 11.0. The number of ether oxygens (including phenoxy) is 2. The predicted molar refractivity (Wildman–Crippen MR) is 84.4 cm³/mol. The molecule has 6 aliphatic rings. The number of esters is 1. The molecule has 5 nitrogen and oxygen atoms in total. The van der Waals surface area contributed by atoms with Crippen molar-refractivity contribution in [1.29, 1.82) is 0 Å². The Kier molecular flexibility index (Phi) is 3.52. The van der Waals surface area contributed by atoms with E-state index >= 15 is 0 Å². The summed E-state index contributed by atoms with van der Waals surface area (Å²) >= 11 is 0. The highest BCUT2D eigenvalue weighted by molar-refractivity contribution is 5.65. The molecule has 134 valence electrons. The summed E-state index contributed by atoms with van der Waals surface area (Å²) in [7, 11) is 0. The molecule has 0 aromatic rings. The number of carbonyl (C=O) groups is 1. The molecular weight excluding hydrogens is 308 g/mol. The van der Waals surface area contributed by atoms with E-state index in [1.54, 1.807) is 0 Å². The van der Waals surface area contributed by atoms with Gasteiger partial charge >= 0.3 is 5.97 Å². The van der Waals surface area contributed by atoms with Crippen molar-refractivity contribution in [3.05, 3.63) is 0 Å². The maximum Gasteiger partial charge on any atom is 0.302 e. The van der Waals surface area contributed by atoms with E-state index in [0.29, 0.717) is 24.4 Å². The van der Waals surface area contributed by atoms with Crippen molar-refractivity contribution in [2.45, 2.75) is 76.3 Å². The molecule has 0 radical (unpaired) electrons. The van der Waals surface area contributed by atoms with Crippen molar-refractivity contribution in [3.63, 3.8) is 0 Å². The van der Waals surface area contributed by atoms with Crippen LogP contribution in [0.4, 0.5) is 0 Å². The molecule has 0 aromatic carbocycles. The van der Waals surface area contributed by atoms with Gasteiger partial charge in [-0.2, -0.15) is 9.78 Å². The largest absolute Gasteiger partial charge is 0.466 e. The van der Waals surface area contributed by atoms with Crippen LogP contribution in [0.15, 0.2) is 0 Å². The van der Waals surface area contributed by atoms with Gasteiger partial charge in [0.25, 0.3) is 0 Å². The van der Waals surface area contributed by atoms with Crippen molar-refractivity contribution in [1.82, 2.24) is 0 Å². The van der Waals surface area contributed by atoms with E-state index in [9.17, 15) is 4.79 Å². The lowest BCUT2D eigenvalue weighted by atomic mass is 9.53. The lowest BCUT2D eigenvalue weighted by molar-refractivity contribution is -0.390. The zero-order valence-electron chi connectivity index (χ0n) is 14.5. The number of rotatable bonds is 2. The summed E-state index contributed by atoms with van der Waals surface area (Å²) in [6.07, 6.45) is 10.0. The molecule has 0 amide bonds. The van der Waals surface area contributed by atoms with E-state index in [4.69, 9.17) is 19.2 Å². The Hall–Kier alpha value is -0.650. The molecular formula is C19H28O5. The van der Waals surface area contributed by atoms with Crippen LogP contribution in [0.5, 0.6) is 0 Å². The third kappa shape index (κ3) is 2.35. The minimum atomic E-state index is -0.553. The topological polar surface area (TPSA) is 54.0 Å². The van der Waals surface area contributed by atoms with Gasteiger partial charge in [0.1, 0.15) is 0 Å². The second-order valence-electron chi connectivity index (χ2n) is 8.95. The van der Waals surface area contributed by atoms with Crippen LogP contribution in [0.3, 0.4) is 0 Å². The molecule has 0 N–H and O–H groups in total. The van der Waals surface area contributed by atoms with Crippen molar-refractivity contribution < 1.29 is 24.0 Å². The number of carbonyl (C=O) groups excluding carboxylic acids is 1. The van der Waals surface area contributed by atoms with Gasteiger partial charge in [-0.25, -0.2) is 0 Å². The van der Waals surface area contributed by atoms with E-state index in [0.717, 1.165) is 37.5 Å². The van der Waals surface area contributed by atoms with Crippen LogP contribution in [0.1, 0.15) is 64.7 Å². The maximum atomic E-state index is 11.0. The molecule has 0 atom stereocenters. The Labute approximate surface area is 143 Å². The zero-order valence-corrected chi connectivity index (χ0v) is 14.5. The highest BCUT2D eigenvalue weighted by Gasteiger charge is 2.66. The Morgan fingerprint density at radius 2 is 1.62 bits per heavy atom. The molecule has 4 bridgehead atoms. The van der Waals surface area contributed by atoms with Gasteiger partial charge in [-0.1, -0.05) is 0 Å². The Morgan fingerprint density at radius 3 is 2.21 bits per heavy atom. The zero-order chi connectivity index (χ0) is 16.4. The number of hydrogen-bond acceptors (Lipinski definition) is 5. The quantitative estimate of drug-likeness (QED) is 0.570. The van der Waals surface area contributed by atoms with Gasteiger partial charge in [0.05, 0.1) is 6.61 Å². The summed E-state index contributed by atoms with van der Waals surface area (Å²) in [6.45, 7) is 1.99. The van der Waals surface area contributed by atoms with Crippen LogP contribution in [0.25, 0.3) is 0 Å². The fraction of sp³-hybridized carbons (Fsp3) is 0.947. The first-order chi connectivity index (χ1) is 11.6. The highest BCUT2D eigenvalue weighted by atomic mass is 17.3. The van der Waals surface area contributed by atoms with Gasteiger partial charge in [-0.05, 0) is 62.7 Å². The molecule has 5 heteroatoms. The van der Waals surface area contributed by atoms with E-state index in [-0.39, 0.29) is 5.97 Å². The van der Waals surface area contributed by atoms with Gasteiger partial charge < -0.3 is 9.47 Å². The fourth-order valence-electron chi connectivity index (χ4n) is 6.31. The minimum absolute atomic E-state index is 0.195. The van der Waals surface area contributed by atoms with Crippen LogP contribution in [0, 0.1) is 29.6 Å². The van der Waals surface area contributed by atoms with E-state index in [1.165, 1.54) is 39.0 Å². The molecule has 6 fully saturated rings. The molecule has 1 aliphatic heterocycles. The van der Waals surface area contributed by atoms with Gasteiger partial charge in [-0.3, -0.25) is 4.79 Å². The van der Waals surface area contributed by atoms with E-state index in [1.807, 2.05) is 0 Å².